The molecule has 146 valence electrons. The molecular weight excluding hydrogens is 351 g/mol. The summed E-state index contributed by atoms with van der Waals surface area (Å²) in [7, 11) is 3.88. The summed E-state index contributed by atoms with van der Waals surface area (Å²) in [6.07, 6.45) is -2.51. The highest BCUT2D eigenvalue weighted by Crippen LogP contribution is 2.15. The van der Waals surface area contributed by atoms with E-state index in [0.717, 1.165) is 13.0 Å². The SMILES string of the molecule is CC(CCN(C)C)C(=O)CNCc1cc(C(=O)OCC(F)(F)F)ccn1. The minimum absolute atomic E-state index is 0.0215. The van der Waals surface area contributed by atoms with Gasteiger partial charge in [-0.15, -0.1) is 0 Å². The topological polar surface area (TPSA) is 71.5 Å². The molecule has 0 aromatic carbocycles. The monoisotopic (exact) mass is 375 g/mol. The molecule has 0 spiro atoms. The van der Waals surface area contributed by atoms with Gasteiger partial charge in [0.2, 0.25) is 0 Å². The number of hydrogen-bond donors (Lipinski definition) is 1. The number of carbonyl (C=O) groups is 2. The number of Topliss-reactive ketones (excluding diaryl/α,β-unsaturated/α-hetero) is 1. The maximum atomic E-state index is 12.1. The molecule has 0 aliphatic rings. The van der Waals surface area contributed by atoms with E-state index in [4.69, 9.17) is 0 Å². The third-order valence-electron chi connectivity index (χ3n) is 3.58. The maximum absolute atomic E-state index is 12.1. The number of halogens is 3. The van der Waals surface area contributed by atoms with Gasteiger partial charge < -0.3 is 15.0 Å². The zero-order valence-electron chi connectivity index (χ0n) is 15.1. The lowest BCUT2D eigenvalue weighted by Gasteiger charge is -2.14. The number of nitrogens with one attached hydrogen (secondary N) is 1. The van der Waals surface area contributed by atoms with Gasteiger partial charge in [-0.3, -0.25) is 9.78 Å². The molecule has 1 heterocycles. The standard InChI is InChI=1S/C17H24F3N3O3/c1-12(5-7-23(2)3)15(24)10-21-9-14-8-13(4-6-22-14)16(25)26-11-17(18,19)20/h4,6,8,12,21H,5,7,9-11H2,1-3H3. The third-order valence-corrected chi connectivity index (χ3v) is 3.58. The molecule has 1 aromatic heterocycles. The fourth-order valence-electron chi connectivity index (χ4n) is 2.03. The smallest absolute Gasteiger partial charge is 0.422 e. The molecule has 0 aliphatic carbocycles. The van der Waals surface area contributed by atoms with Crippen molar-refractivity contribution in [3.63, 3.8) is 0 Å². The lowest BCUT2D eigenvalue weighted by Crippen LogP contribution is -2.29. The molecule has 6 nitrogen and oxygen atoms in total. The van der Waals surface area contributed by atoms with Crippen molar-refractivity contribution in [3.05, 3.63) is 29.6 Å². The Hall–Kier alpha value is -2.00. The minimum Gasteiger partial charge on any atom is -0.452 e. The van der Waals surface area contributed by atoms with Crippen molar-refractivity contribution in [2.24, 2.45) is 5.92 Å². The van der Waals surface area contributed by atoms with Crippen LogP contribution in [0.25, 0.3) is 0 Å². The van der Waals surface area contributed by atoms with Crippen LogP contribution in [0.3, 0.4) is 0 Å². The number of pyridine rings is 1. The molecule has 26 heavy (non-hydrogen) atoms. The summed E-state index contributed by atoms with van der Waals surface area (Å²) in [5, 5.41) is 2.93. The fourth-order valence-corrected chi connectivity index (χ4v) is 2.03. The van der Waals surface area contributed by atoms with E-state index in [-0.39, 0.29) is 30.4 Å². The van der Waals surface area contributed by atoms with Crippen LogP contribution in [-0.4, -0.2) is 61.6 Å². The predicted octanol–water partition coefficient (Wildman–Crippen LogP) is 2.05. The van der Waals surface area contributed by atoms with Crippen LogP contribution in [0.4, 0.5) is 13.2 Å². The predicted molar refractivity (Wildman–Crippen MR) is 89.6 cm³/mol. The maximum Gasteiger partial charge on any atom is 0.422 e. The van der Waals surface area contributed by atoms with Crippen LogP contribution < -0.4 is 5.32 Å². The second-order valence-electron chi connectivity index (χ2n) is 6.29. The van der Waals surface area contributed by atoms with Gasteiger partial charge in [-0.25, -0.2) is 4.79 Å². The molecule has 0 aliphatic heterocycles. The van der Waals surface area contributed by atoms with E-state index < -0.39 is 18.8 Å². The summed E-state index contributed by atoms with van der Waals surface area (Å²) in [6, 6.07) is 2.61. The van der Waals surface area contributed by atoms with Crippen molar-refractivity contribution >= 4 is 11.8 Å². The van der Waals surface area contributed by atoms with E-state index in [0.29, 0.717) is 5.69 Å². The summed E-state index contributed by atoms with van der Waals surface area (Å²) >= 11 is 0. The van der Waals surface area contributed by atoms with E-state index in [1.54, 1.807) is 0 Å². The normalized spacial score (nSPS) is 12.9. The fraction of sp³-hybridized carbons (Fsp3) is 0.588. The van der Waals surface area contributed by atoms with E-state index in [2.05, 4.69) is 15.0 Å². The molecule has 0 bridgehead atoms. The first kappa shape index (κ1) is 22.0. The Kier molecular flexibility index (Phi) is 8.67. The highest BCUT2D eigenvalue weighted by Gasteiger charge is 2.29. The van der Waals surface area contributed by atoms with Crippen LogP contribution in [-0.2, 0) is 16.1 Å². The molecule has 9 heteroatoms. The van der Waals surface area contributed by atoms with Crippen molar-refractivity contribution in [3.8, 4) is 0 Å². The number of alkyl halides is 3. The number of aromatic nitrogens is 1. The Balaban J connectivity index is 2.46. The number of nitrogens with zero attached hydrogens (tertiary/aromatic N) is 2. The minimum atomic E-state index is -4.57. The molecule has 0 fully saturated rings. The largest absolute Gasteiger partial charge is 0.452 e. The average Bonchev–Trinajstić information content (AvgIpc) is 2.57. The van der Waals surface area contributed by atoms with Crippen LogP contribution in [0.2, 0.25) is 0 Å². The Morgan fingerprint density at radius 2 is 2.04 bits per heavy atom. The molecule has 0 amide bonds. The first-order valence-corrected chi connectivity index (χ1v) is 8.15. The number of esters is 1. The number of carbonyl (C=O) groups excluding carboxylic acids is 2. The summed E-state index contributed by atoms with van der Waals surface area (Å²) in [5.41, 5.74) is 0.409. The van der Waals surface area contributed by atoms with E-state index in [1.807, 2.05) is 25.9 Å². The van der Waals surface area contributed by atoms with Crippen LogP contribution in [0.1, 0.15) is 29.4 Å². The van der Waals surface area contributed by atoms with Crippen molar-refractivity contribution in [2.45, 2.75) is 26.1 Å². The number of ether oxygens (including phenoxy) is 1. The van der Waals surface area contributed by atoms with E-state index >= 15 is 0 Å². The summed E-state index contributed by atoms with van der Waals surface area (Å²) in [6.45, 7) is 1.41. The summed E-state index contributed by atoms with van der Waals surface area (Å²) < 4.78 is 40.4. The van der Waals surface area contributed by atoms with Crippen LogP contribution in [0.15, 0.2) is 18.3 Å². The molecule has 0 saturated carbocycles. The lowest BCUT2D eigenvalue weighted by atomic mass is 10.0. The van der Waals surface area contributed by atoms with Gasteiger partial charge in [0.05, 0.1) is 17.8 Å². The number of ketones is 1. The average molecular weight is 375 g/mol. The van der Waals surface area contributed by atoms with Crippen molar-refractivity contribution in [2.75, 3.05) is 33.8 Å². The van der Waals surface area contributed by atoms with Gasteiger partial charge in [0.25, 0.3) is 0 Å². The molecular formula is C17H24F3N3O3. The van der Waals surface area contributed by atoms with Gasteiger partial charge in [-0.2, -0.15) is 13.2 Å². The first-order chi connectivity index (χ1) is 12.1. The van der Waals surface area contributed by atoms with Crippen molar-refractivity contribution in [1.82, 2.24) is 15.2 Å². The van der Waals surface area contributed by atoms with Gasteiger partial charge in [0.1, 0.15) is 5.78 Å². The quantitative estimate of drug-likeness (QED) is 0.631. The zero-order chi connectivity index (χ0) is 19.7. The molecule has 1 aromatic rings. The number of rotatable bonds is 10. The van der Waals surface area contributed by atoms with Gasteiger partial charge >= 0.3 is 12.1 Å². The summed E-state index contributed by atoms with van der Waals surface area (Å²) in [4.78, 5) is 29.7. The van der Waals surface area contributed by atoms with Crippen LogP contribution >= 0.6 is 0 Å². The molecule has 0 saturated heterocycles. The second kappa shape index (κ2) is 10.2. The first-order valence-electron chi connectivity index (χ1n) is 8.15. The van der Waals surface area contributed by atoms with E-state index in [9.17, 15) is 22.8 Å². The summed E-state index contributed by atoms with van der Waals surface area (Å²) in [5.74, 6) is -1.09. The van der Waals surface area contributed by atoms with Crippen molar-refractivity contribution < 1.29 is 27.5 Å². The third kappa shape index (κ3) is 8.91. The Morgan fingerprint density at radius 3 is 2.65 bits per heavy atom. The Labute approximate surface area is 150 Å². The highest BCUT2D eigenvalue weighted by atomic mass is 19.4. The second-order valence-corrected chi connectivity index (χ2v) is 6.29. The highest BCUT2D eigenvalue weighted by molar-refractivity contribution is 5.89. The lowest BCUT2D eigenvalue weighted by molar-refractivity contribution is -0.161. The van der Waals surface area contributed by atoms with Crippen LogP contribution in [0.5, 0.6) is 0 Å². The molecule has 1 rings (SSSR count). The van der Waals surface area contributed by atoms with Gasteiger partial charge in [-0.05, 0) is 39.2 Å². The molecule has 1 unspecified atom stereocenters. The zero-order valence-corrected chi connectivity index (χ0v) is 15.1. The van der Waals surface area contributed by atoms with Gasteiger partial charge in [-0.1, -0.05) is 6.92 Å². The van der Waals surface area contributed by atoms with E-state index in [1.165, 1.54) is 18.3 Å². The Morgan fingerprint density at radius 1 is 1.35 bits per heavy atom. The van der Waals surface area contributed by atoms with Gasteiger partial charge in [0, 0.05) is 18.7 Å². The van der Waals surface area contributed by atoms with Crippen molar-refractivity contribution in [1.29, 1.82) is 0 Å². The Bertz CT molecular complexity index is 606. The van der Waals surface area contributed by atoms with Crippen LogP contribution in [0, 0.1) is 5.92 Å². The molecule has 1 atom stereocenters. The molecule has 0 radical (unpaired) electrons. The van der Waals surface area contributed by atoms with Gasteiger partial charge in [0.15, 0.2) is 6.61 Å². The number of hydrogen-bond acceptors (Lipinski definition) is 6. The molecule has 1 N–H and O–H groups in total.